The summed E-state index contributed by atoms with van der Waals surface area (Å²) in [5.41, 5.74) is 6.90. The zero-order valence-electron chi connectivity index (χ0n) is 35.5. The summed E-state index contributed by atoms with van der Waals surface area (Å²) in [6.45, 7) is 4.06. The molecule has 24 heteroatoms. The molecule has 0 saturated carbocycles. The molecule has 8 atom stereocenters. The maximum absolute atomic E-state index is 13.7. The number of aromatic amines is 1. The Morgan fingerprint density at radius 1 is 0.828 bits per heavy atom. The number of carboxylic acid groups (broad SMARTS) is 3. The smallest absolute Gasteiger partial charge is 0.326 e. The number of aromatic hydroxyl groups is 1. The van der Waals surface area contributed by atoms with Crippen LogP contribution in [-0.4, -0.2) is 150 Å². The monoisotopic (exact) mass is 900 g/mol. The molecule has 0 bridgehead atoms. The minimum atomic E-state index is -1.61. The lowest BCUT2D eigenvalue weighted by atomic mass is 9.97. The van der Waals surface area contributed by atoms with Crippen molar-refractivity contribution in [2.75, 3.05) is 13.1 Å². The molecule has 2 aromatic rings. The summed E-state index contributed by atoms with van der Waals surface area (Å²) in [5.74, 6) is -10.7. The van der Waals surface area contributed by atoms with Crippen LogP contribution in [-0.2, 0) is 60.8 Å². The standard InChI is InChI=1S/C40H56N10O14/c1-4-20(2)33(38(61)43-18-30(52)46-26(11-12-31(53)54)35(58)48-28(40(63)64)14-22-7-9-24(51)10-8-22)49-37(60)29-6-5-13-50(29)39(62)21(3)45-36(59)27(16-32(55)56)47-34(57)25(41)15-23-17-42-19-44-23/h7-10,17,19-21,25-29,33,51H,4-6,11-16,18,41H2,1-3H3,(H,42,44)(H,43,61)(H,45,59)(H,46,52)(H,47,57)(H,48,58)(H,49,60)(H,53,54)(H,55,56)(H,63,64)/t20-,21-,25-,26-,27-,28-,29-,33-/m0/s1. The van der Waals surface area contributed by atoms with Crippen LogP contribution in [0.1, 0.15) is 70.6 Å². The van der Waals surface area contributed by atoms with Crippen LogP contribution in [0.5, 0.6) is 5.75 Å². The average molecular weight is 901 g/mol. The molecule has 13 N–H and O–H groups in total. The lowest BCUT2D eigenvalue weighted by molar-refractivity contribution is -0.143. The number of nitrogens with one attached hydrogen (secondary N) is 7. The molecule has 24 nitrogen and oxygen atoms in total. The van der Waals surface area contributed by atoms with E-state index in [9.17, 15) is 68.4 Å². The molecule has 7 amide bonds. The molecule has 1 saturated heterocycles. The van der Waals surface area contributed by atoms with Crippen LogP contribution >= 0.6 is 0 Å². The zero-order chi connectivity index (χ0) is 47.7. The van der Waals surface area contributed by atoms with Gasteiger partial charge in [-0.05, 0) is 49.8 Å². The van der Waals surface area contributed by atoms with Gasteiger partial charge in [-0.25, -0.2) is 9.78 Å². The quantitative estimate of drug-likeness (QED) is 0.0481. The number of nitrogens with zero attached hydrogens (tertiary/aromatic N) is 2. The van der Waals surface area contributed by atoms with Crippen LogP contribution in [0.2, 0.25) is 0 Å². The summed E-state index contributed by atoms with van der Waals surface area (Å²) in [6, 6.07) is -3.88. The number of hydrogen-bond donors (Lipinski definition) is 12. The lowest BCUT2D eigenvalue weighted by Crippen LogP contribution is -2.59. The molecule has 350 valence electrons. The van der Waals surface area contributed by atoms with Crippen molar-refractivity contribution in [1.29, 1.82) is 0 Å². The third kappa shape index (κ3) is 16.0. The van der Waals surface area contributed by atoms with Gasteiger partial charge in [0.05, 0.1) is 25.3 Å². The largest absolute Gasteiger partial charge is 0.508 e. The number of benzene rings is 1. The number of likely N-dealkylation sites (tertiary alicyclic amines) is 1. The van der Waals surface area contributed by atoms with E-state index < -0.39 is 133 Å². The number of carbonyl (C=O) groups is 10. The minimum Gasteiger partial charge on any atom is -0.508 e. The normalized spacial score (nSPS) is 16.6. The van der Waals surface area contributed by atoms with E-state index in [1.54, 1.807) is 13.8 Å². The first kappa shape index (κ1) is 51.2. The number of amides is 7. The zero-order valence-corrected chi connectivity index (χ0v) is 35.5. The fraction of sp³-hybridized carbons (Fsp3) is 0.525. The summed E-state index contributed by atoms with van der Waals surface area (Å²) < 4.78 is 0. The van der Waals surface area contributed by atoms with Crippen LogP contribution in [0.3, 0.4) is 0 Å². The molecule has 0 aliphatic carbocycles. The Morgan fingerprint density at radius 2 is 1.48 bits per heavy atom. The molecule has 3 rings (SSSR count). The van der Waals surface area contributed by atoms with Crippen LogP contribution in [0.15, 0.2) is 36.8 Å². The summed E-state index contributed by atoms with van der Waals surface area (Å²) in [6.07, 6.45) is 1.70. The van der Waals surface area contributed by atoms with E-state index in [2.05, 4.69) is 41.9 Å². The van der Waals surface area contributed by atoms with Crippen molar-refractivity contribution in [2.24, 2.45) is 11.7 Å². The second kappa shape index (κ2) is 24.5. The number of aromatic nitrogens is 2. The molecule has 1 aromatic heterocycles. The predicted octanol–water partition coefficient (Wildman–Crippen LogP) is -2.75. The SMILES string of the molecule is CC[C@H](C)[C@H](NC(=O)[C@@H]1CCCN1C(=O)[C@H](C)NC(=O)[C@H](CC(=O)O)NC(=O)[C@@H](N)Cc1cnc[nH]1)C(=O)NCC(=O)N[C@@H](CCC(=O)O)C(=O)N[C@@H](Cc1ccc(O)cc1)C(=O)O. The van der Waals surface area contributed by atoms with Crippen molar-refractivity contribution in [1.82, 2.24) is 46.8 Å². The molecule has 0 radical (unpaired) electrons. The Kier molecular flexibility index (Phi) is 19.6. The highest BCUT2D eigenvalue weighted by Gasteiger charge is 2.39. The lowest BCUT2D eigenvalue weighted by Gasteiger charge is -2.30. The van der Waals surface area contributed by atoms with E-state index in [1.807, 2.05) is 0 Å². The van der Waals surface area contributed by atoms with E-state index in [4.69, 9.17) is 5.73 Å². The number of H-pyrrole nitrogens is 1. The number of aliphatic carboxylic acids is 3. The van der Waals surface area contributed by atoms with Gasteiger partial charge in [0.25, 0.3) is 0 Å². The Bertz CT molecular complexity index is 2000. The van der Waals surface area contributed by atoms with E-state index in [-0.39, 0.29) is 31.6 Å². The topological polar surface area (TPSA) is 382 Å². The first-order valence-corrected chi connectivity index (χ1v) is 20.5. The van der Waals surface area contributed by atoms with Gasteiger partial charge in [-0.2, -0.15) is 0 Å². The van der Waals surface area contributed by atoms with E-state index in [1.165, 1.54) is 48.6 Å². The van der Waals surface area contributed by atoms with Crippen molar-refractivity contribution in [2.45, 2.75) is 114 Å². The van der Waals surface area contributed by atoms with Gasteiger partial charge in [-0.1, -0.05) is 32.4 Å². The van der Waals surface area contributed by atoms with Crippen molar-refractivity contribution < 1.29 is 68.4 Å². The molecule has 1 aromatic carbocycles. The predicted molar refractivity (Wildman–Crippen MR) is 221 cm³/mol. The van der Waals surface area contributed by atoms with Gasteiger partial charge < -0.3 is 67.9 Å². The van der Waals surface area contributed by atoms with Crippen molar-refractivity contribution in [3.63, 3.8) is 0 Å². The van der Waals surface area contributed by atoms with E-state index >= 15 is 0 Å². The van der Waals surface area contributed by atoms with Crippen molar-refractivity contribution in [3.8, 4) is 5.75 Å². The Hall–Kier alpha value is -7.11. The maximum atomic E-state index is 13.7. The number of carbonyl (C=O) groups excluding carboxylic acids is 7. The van der Waals surface area contributed by atoms with Gasteiger partial charge >= 0.3 is 17.9 Å². The average Bonchev–Trinajstić information content (AvgIpc) is 3.95. The van der Waals surface area contributed by atoms with Gasteiger partial charge in [-0.3, -0.25) is 43.2 Å². The number of hydrogen-bond acceptors (Lipinski definition) is 13. The van der Waals surface area contributed by atoms with Crippen LogP contribution in [0, 0.1) is 5.92 Å². The Balaban J connectivity index is 1.62. The fourth-order valence-corrected chi connectivity index (χ4v) is 6.67. The molecular formula is C40H56N10O14. The van der Waals surface area contributed by atoms with E-state index in [0.717, 1.165) is 0 Å². The first-order chi connectivity index (χ1) is 30.2. The number of phenolic OH excluding ortho intramolecular Hbond substituents is 1. The Labute approximate surface area is 366 Å². The third-order valence-electron chi connectivity index (χ3n) is 10.4. The van der Waals surface area contributed by atoms with Gasteiger partial charge in [0, 0.05) is 37.7 Å². The fourth-order valence-electron chi connectivity index (χ4n) is 6.67. The highest BCUT2D eigenvalue weighted by atomic mass is 16.4. The number of phenols is 1. The highest BCUT2D eigenvalue weighted by Crippen LogP contribution is 2.20. The number of rotatable bonds is 25. The second-order valence-corrected chi connectivity index (χ2v) is 15.4. The highest BCUT2D eigenvalue weighted by molar-refractivity contribution is 5.98. The minimum absolute atomic E-state index is 0.00919. The van der Waals surface area contributed by atoms with Crippen LogP contribution in [0.25, 0.3) is 0 Å². The molecule has 64 heavy (non-hydrogen) atoms. The van der Waals surface area contributed by atoms with Crippen molar-refractivity contribution in [3.05, 3.63) is 48.0 Å². The van der Waals surface area contributed by atoms with Crippen LogP contribution < -0.4 is 37.6 Å². The molecule has 0 spiro atoms. The van der Waals surface area contributed by atoms with E-state index in [0.29, 0.717) is 24.1 Å². The molecule has 1 aliphatic heterocycles. The third-order valence-corrected chi connectivity index (χ3v) is 10.4. The van der Waals surface area contributed by atoms with Gasteiger partial charge in [-0.15, -0.1) is 0 Å². The molecular weight excluding hydrogens is 844 g/mol. The first-order valence-electron chi connectivity index (χ1n) is 20.5. The Morgan fingerprint density at radius 3 is 2.08 bits per heavy atom. The van der Waals surface area contributed by atoms with Crippen molar-refractivity contribution >= 4 is 59.3 Å². The summed E-state index contributed by atoms with van der Waals surface area (Å²) in [4.78, 5) is 136. The maximum Gasteiger partial charge on any atom is 0.326 e. The van der Waals surface area contributed by atoms with Gasteiger partial charge in [0.15, 0.2) is 0 Å². The van der Waals surface area contributed by atoms with Gasteiger partial charge in [0.2, 0.25) is 41.4 Å². The molecule has 1 fully saturated rings. The van der Waals surface area contributed by atoms with Gasteiger partial charge in [0.1, 0.15) is 42.0 Å². The molecule has 1 aliphatic rings. The number of carboxylic acids is 3. The number of nitrogens with two attached hydrogens (primary N) is 1. The second-order valence-electron chi connectivity index (χ2n) is 15.4. The summed E-state index contributed by atoms with van der Waals surface area (Å²) >= 11 is 0. The summed E-state index contributed by atoms with van der Waals surface area (Å²) in [5, 5.41) is 52.2. The van der Waals surface area contributed by atoms with Crippen LogP contribution in [0.4, 0.5) is 0 Å². The summed E-state index contributed by atoms with van der Waals surface area (Å²) in [7, 11) is 0. The number of imidazole rings is 1. The molecule has 0 unspecified atom stereocenters. The molecule has 2 heterocycles.